The van der Waals surface area contributed by atoms with E-state index < -0.39 is 15.7 Å². The van der Waals surface area contributed by atoms with Crippen LogP contribution in [0.2, 0.25) is 0 Å². The van der Waals surface area contributed by atoms with E-state index >= 15 is 0 Å². The van der Waals surface area contributed by atoms with Gasteiger partial charge in [-0.2, -0.15) is 0 Å². The van der Waals surface area contributed by atoms with Crippen LogP contribution in [-0.2, 0) is 14.3 Å². The lowest BCUT2D eigenvalue weighted by atomic mass is 10.4. The van der Waals surface area contributed by atoms with Crippen LogP contribution in [0.25, 0.3) is 0 Å². The number of amides is 1. The maximum Gasteiger partial charge on any atom is 0.325 e. The first-order chi connectivity index (χ1) is 6.32. The number of carbonyl (C=O) groups is 2. The van der Waals surface area contributed by atoms with Crippen molar-refractivity contribution < 1.29 is 14.3 Å². The standard InChI is InChI=1S/C7H10Cl3NO3/c1-3-11(4-5(12)14-2)6(13)7(8,9)10/h3-4H2,1-2H3. The summed E-state index contributed by atoms with van der Waals surface area (Å²) in [5, 5.41) is 0. The Morgan fingerprint density at radius 2 is 1.86 bits per heavy atom. The number of halogens is 3. The first kappa shape index (κ1) is 13.8. The summed E-state index contributed by atoms with van der Waals surface area (Å²) < 4.78 is 2.35. The number of esters is 1. The van der Waals surface area contributed by atoms with E-state index in [0.29, 0.717) is 0 Å². The molecule has 0 bridgehead atoms. The highest BCUT2D eigenvalue weighted by atomic mass is 35.6. The largest absolute Gasteiger partial charge is 0.468 e. The molecule has 0 unspecified atom stereocenters. The summed E-state index contributed by atoms with van der Waals surface area (Å²) >= 11 is 16.1. The quantitative estimate of drug-likeness (QED) is 0.570. The second-order valence-corrected chi connectivity index (χ2v) is 4.67. The molecule has 0 saturated heterocycles. The van der Waals surface area contributed by atoms with Crippen LogP contribution in [0.3, 0.4) is 0 Å². The monoisotopic (exact) mass is 261 g/mol. The van der Waals surface area contributed by atoms with E-state index in [1.54, 1.807) is 6.92 Å². The van der Waals surface area contributed by atoms with Crippen LogP contribution in [0.5, 0.6) is 0 Å². The highest BCUT2D eigenvalue weighted by molar-refractivity contribution is 6.76. The van der Waals surface area contributed by atoms with Gasteiger partial charge in [0, 0.05) is 6.54 Å². The van der Waals surface area contributed by atoms with Crippen molar-refractivity contribution in [1.29, 1.82) is 0 Å². The van der Waals surface area contributed by atoms with Crippen molar-refractivity contribution in [2.45, 2.75) is 10.7 Å². The third kappa shape index (κ3) is 4.35. The van der Waals surface area contributed by atoms with Crippen LogP contribution in [0.15, 0.2) is 0 Å². The molecule has 0 aromatic carbocycles. The number of ether oxygens (including phenoxy) is 1. The Morgan fingerprint density at radius 1 is 1.36 bits per heavy atom. The molecular weight excluding hydrogens is 252 g/mol. The maximum atomic E-state index is 11.4. The van der Waals surface area contributed by atoms with E-state index in [2.05, 4.69) is 4.74 Å². The molecule has 0 aliphatic heterocycles. The lowest BCUT2D eigenvalue weighted by molar-refractivity contribution is -0.146. The Kier molecular flexibility index (Phi) is 5.56. The molecule has 0 fully saturated rings. The molecule has 0 spiro atoms. The van der Waals surface area contributed by atoms with Crippen LogP contribution >= 0.6 is 34.8 Å². The molecule has 0 aliphatic carbocycles. The van der Waals surface area contributed by atoms with Gasteiger partial charge in [-0.1, -0.05) is 34.8 Å². The Balaban J connectivity index is 4.42. The third-order valence-corrected chi connectivity index (χ3v) is 1.94. The third-order valence-electron chi connectivity index (χ3n) is 1.46. The van der Waals surface area contributed by atoms with Crippen LogP contribution in [0.1, 0.15) is 6.92 Å². The van der Waals surface area contributed by atoms with E-state index in [1.165, 1.54) is 7.11 Å². The van der Waals surface area contributed by atoms with Crippen LogP contribution in [-0.4, -0.2) is 40.8 Å². The normalized spacial score (nSPS) is 10.9. The molecule has 82 valence electrons. The molecule has 4 nitrogen and oxygen atoms in total. The fourth-order valence-corrected chi connectivity index (χ4v) is 1.09. The van der Waals surface area contributed by atoms with Crippen molar-refractivity contribution in [3.63, 3.8) is 0 Å². The molecule has 0 heterocycles. The van der Waals surface area contributed by atoms with Gasteiger partial charge in [0.1, 0.15) is 6.54 Å². The second kappa shape index (κ2) is 5.63. The van der Waals surface area contributed by atoms with Crippen molar-refractivity contribution in [3.8, 4) is 0 Å². The lowest BCUT2D eigenvalue weighted by Gasteiger charge is -2.22. The molecule has 1 amide bonds. The number of rotatable bonds is 3. The van der Waals surface area contributed by atoms with Gasteiger partial charge in [-0.05, 0) is 6.92 Å². The lowest BCUT2D eigenvalue weighted by Crippen LogP contribution is -2.42. The van der Waals surface area contributed by atoms with Crippen molar-refractivity contribution in [2.75, 3.05) is 20.2 Å². The molecule has 7 heteroatoms. The summed E-state index contributed by atoms with van der Waals surface area (Å²) in [6.45, 7) is 1.71. The number of hydrogen-bond donors (Lipinski definition) is 0. The van der Waals surface area contributed by atoms with Crippen molar-refractivity contribution >= 4 is 46.7 Å². The van der Waals surface area contributed by atoms with Crippen molar-refractivity contribution in [2.24, 2.45) is 0 Å². The minimum atomic E-state index is -2.04. The molecule has 0 N–H and O–H groups in total. The number of alkyl halides is 3. The summed E-state index contributed by atoms with van der Waals surface area (Å²) in [5.74, 6) is -1.30. The molecule has 0 saturated carbocycles. The summed E-state index contributed by atoms with van der Waals surface area (Å²) in [6, 6.07) is 0. The first-order valence-electron chi connectivity index (χ1n) is 3.75. The van der Waals surface area contributed by atoms with Crippen LogP contribution in [0.4, 0.5) is 0 Å². The number of carbonyl (C=O) groups excluding carboxylic acids is 2. The van der Waals surface area contributed by atoms with Crippen molar-refractivity contribution in [1.82, 2.24) is 4.90 Å². The molecule has 0 radical (unpaired) electrons. The minimum absolute atomic E-state index is 0.222. The summed E-state index contributed by atoms with van der Waals surface area (Å²) in [7, 11) is 1.22. The van der Waals surface area contributed by atoms with Gasteiger partial charge in [0.15, 0.2) is 0 Å². The number of nitrogens with zero attached hydrogens (tertiary/aromatic N) is 1. The predicted octanol–water partition coefficient (Wildman–Crippen LogP) is 1.38. The molecule has 0 aromatic rings. The van der Waals surface area contributed by atoms with Gasteiger partial charge in [0.05, 0.1) is 7.11 Å². The smallest absolute Gasteiger partial charge is 0.325 e. The van der Waals surface area contributed by atoms with E-state index in [1.807, 2.05) is 0 Å². The Morgan fingerprint density at radius 3 is 2.14 bits per heavy atom. The van der Waals surface area contributed by atoms with E-state index in [-0.39, 0.29) is 13.1 Å². The van der Waals surface area contributed by atoms with Gasteiger partial charge < -0.3 is 9.64 Å². The van der Waals surface area contributed by atoms with Gasteiger partial charge >= 0.3 is 5.97 Å². The van der Waals surface area contributed by atoms with Gasteiger partial charge in [0.25, 0.3) is 9.70 Å². The van der Waals surface area contributed by atoms with Crippen molar-refractivity contribution in [3.05, 3.63) is 0 Å². The summed E-state index contributed by atoms with van der Waals surface area (Å²) in [5.41, 5.74) is 0. The van der Waals surface area contributed by atoms with Crippen LogP contribution < -0.4 is 0 Å². The van der Waals surface area contributed by atoms with Gasteiger partial charge in [-0.3, -0.25) is 9.59 Å². The fraction of sp³-hybridized carbons (Fsp3) is 0.714. The van der Waals surface area contributed by atoms with Gasteiger partial charge in [0.2, 0.25) is 0 Å². The highest BCUT2D eigenvalue weighted by Gasteiger charge is 2.35. The Bertz CT molecular complexity index is 227. The first-order valence-corrected chi connectivity index (χ1v) is 4.89. The van der Waals surface area contributed by atoms with Crippen LogP contribution in [0, 0.1) is 0 Å². The molecule has 0 rings (SSSR count). The summed E-state index contributed by atoms with van der Waals surface area (Å²) in [4.78, 5) is 23.3. The van der Waals surface area contributed by atoms with E-state index in [4.69, 9.17) is 34.8 Å². The zero-order valence-corrected chi connectivity index (χ0v) is 9.99. The molecule has 14 heavy (non-hydrogen) atoms. The molecule has 0 aromatic heterocycles. The topological polar surface area (TPSA) is 46.6 Å². The predicted molar refractivity (Wildman–Crippen MR) is 54.6 cm³/mol. The summed E-state index contributed by atoms with van der Waals surface area (Å²) in [6.07, 6.45) is 0. The highest BCUT2D eigenvalue weighted by Crippen LogP contribution is 2.28. The maximum absolute atomic E-state index is 11.4. The Hall–Kier alpha value is -0.190. The van der Waals surface area contributed by atoms with E-state index in [9.17, 15) is 9.59 Å². The zero-order valence-electron chi connectivity index (χ0n) is 7.72. The molecule has 0 atom stereocenters. The number of methoxy groups -OCH3 is 1. The SMILES string of the molecule is CCN(CC(=O)OC)C(=O)C(Cl)(Cl)Cl. The number of hydrogen-bond acceptors (Lipinski definition) is 3. The molecular formula is C7H10Cl3NO3. The fourth-order valence-electron chi connectivity index (χ4n) is 0.727. The molecule has 0 aliphatic rings. The number of likely N-dealkylation sites (N-methyl/N-ethyl adjacent to an activating group) is 1. The van der Waals surface area contributed by atoms with Gasteiger partial charge in [-0.25, -0.2) is 0 Å². The van der Waals surface area contributed by atoms with Gasteiger partial charge in [-0.15, -0.1) is 0 Å². The minimum Gasteiger partial charge on any atom is -0.468 e. The van der Waals surface area contributed by atoms with E-state index in [0.717, 1.165) is 4.90 Å². The Labute approximate surface area is 97.0 Å². The second-order valence-electron chi connectivity index (χ2n) is 2.39. The zero-order chi connectivity index (χ0) is 11.4. The average Bonchev–Trinajstić information content (AvgIpc) is 2.11. The average molecular weight is 263 g/mol.